The zero-order valence-corrected chi connectivity index (χ0v) is 12.0. The number of hydrogen-bond acceptors (Lipinski definition) is 3. The van der Waals surface area contributed by atoms with Gasteiger partial charge in [-0.15, -0.1) is 0 Å². The Bertz CT molecular complexity index is 664. The van der Waals surface area contributed by atoms with Gasteiger partial charge in [0.25, 0.3) is 0 Å². The van der Waals surface area contributed by atoms with Crippen LogP contribution in [0.15, 0.2) is 48.5 Å². The number of aromatic hydroxyl groups is 2. The van der Waals surface area contributed by atoms with Crippen LogP contribution in [0.5, 0.6) is 11.5 Å². The molecule has 2 N–H and O–H groups in total. The zero-order valence-electron chi connectivity index (χ0n) is 12.0. The van der Waals surface area contributed by atoms with Crippen LogP contribution in [0.25, 0.3) is 6.08 Å². The first-order chi connectivity index (χ1) is 10.1. The first-order valence-electron chi connectivity index (χ1n) is 7.13. The fraction of sp³-hybridized carbons (Fsp3) is 0.222. The van der Waals surface area contributed by atoms with Gasteiger partial charge in [0.05, 0.1) is 6.04 Å². The lowest BCUT2D eigenvalue weighted by Crippen LogP contribution is -2.30. The Morgan fingerprint density at radius 1 is 1.10 bits per heavy atom. The van der Waals surface area contributed by atoms with Crippen molar-refractivity contribution in [1.82, 2.24) is 4.90 Å². The number of rotatable bonds is 2. The summed E-state index contributed by atoms with van der Waals surface area (Å²) in [5.41, 5.74) is 3.32. The number of likely N-dealkylation sites (N-methyl/N-ethyl adjacent to an activating group) is 1. The predicted molar refractivity (Wildman–Crippen MR) is 84.3 cm³/mol. The third-order valence-electron chi connectivity index (χ3n) is 4.03. The largest absolute Gasteiger partial charge is 0.504 e. The van der Waals surface area contributed by atoms with Crippen molar-refractivity contribution in [3.05, 3.63) is 65.2 Å². The van der Waals surface area contributed by atoms with Gasteiger partial charge in [-0.05, 0) is 42.3 Å². The number of fused-ring (bicyclic) bond motifs is 1. The molecule has 0 fully saturated rings. The molecule has 2 aromatic rings. The molecule has 0 radical (unpaired) electrons. The summed E-state index contributed by atoms with van der Waals surface area (Å²) in [6.07, 6.45) is 5.12. The van der Waals surface area contributed by atoms with Crippen molar-refractivity contribution in [2.45, 2.75) is 12.5 Å². The second-order valence-electron chi connectivity index (χ2n) is 5.48. The summed E-state index contributed by atoms with van der Waals surface area (Å²) >= 11 is 0. The van der Waals surface area contributed by atoms with Crippen molar-refractivity contribution in [1.29, 1.82) is 0 Å². The molecular formula is C18H19NO2. The first kappa shape index (κ1) is 13.7. The number of phenolic OH excluding ortho intramolecular Hbond substituents is 2. The topological polar surface area (TPSA) is 43.7 Å². The predicted octanol–water partition coefficient (Wildman–Crippen LogP) is 3.34. The molecule has 1 unspecified atom stereocenters. The van der Waals surface area contributed by atoms with Gasteiger partial charge in [-0.25, -0.2) is 0 Å². The van der Waals surface area contributed by atoms with E-state index in [-0.39, 0.29) is 17.5 Å². The lowest BCUT2D eigenvalue weighted by Gasteiger charge is -2.33. The Hall–Kier alpha value is -2.26. The molecule has 2 aromatic carbocycles. The zero-order chi connectivity index (χ0) is 14.8. The van der Waals surface area contributed by atoms with Crippen LogP contribution < -0.4 is 0 Å². The minimum atomic E-state index is -0.0536. The lowest BCUT2D eigenvalue weighted by atomic mass is 9.91. The molecular weight excluding hydrogens is 262 g/mol. The van der Waals surface area contributed by atoms with Crippen LogP contribution in [0.1, 0.15) is 22.7 Å². The average molecular weight is 281 g/mol. The standard InChI is InChI=1S/C18H19NO2/c1-19-10-9-14-11-17(20)18(21)12-15(14)16(19)8-7-13-5-3-2-4-6-13/h2-8,11-12,16,20-21H,9-10H2,1H3/b8-7+. The van der Waals surface area contributed by atoms with Gasteiger partial charge in [-0.2, -0.15) is 0 Å². The van der Waals surface area contributed by atoms with E-state index in [0.29, 0.717) is 0 Å². The van der Waals surface area contributed by atoms with Crippen LogP contribution >= 0.6 is 0 Å². The molecule has 0 spiro atoms. The highest BCUT2D eigenvalue weighted by molar-refractivity contribution is 5.53. The second kappa shape index (κ2) is 5.62. The Morgan fingerprint density at radius 2 is 1.81 bits per heavy atom. The third-order valence-corrected chi connectivity index (χ3v) is 4.03. The fourth-order valence-corrected chi connectivity index (χ4v) is 2.82. The van der Waals surface area contributed by atoms with E-state index in [1.165, 1.54) is 0 Å². The highest BCUT2D eigenvalue weighted by Crippen LogP contribution is 2.37. The maximum absolute atomic E-state index is 9.77. The van der Waals surface area contributed by atoms with Crippen LogP contribution in [0.3, 0.4) is 0 Å². The maximum Gasteiger partial charge on any atom is 0.157 e. The van der Waals surface area contributed by atoms with E-state index in [4.69, 9.17) is 0 Å². The van der Waals surface area contributed by atoms with E-state index in [0.717, 1.165) is 29.7 Å². The Kier molecular flexibility index (Phi) is 3.67. The molecule has 3 heteroatoms. The molecule has 0 amide bonds. The van der Waals surface area contributed by atoms with Gasteiger partial charge in [0.15, 0.2) is 11.5 Å². The maximum atomic E-state index is 9.77. The molecule has 21 heavy (non-hydrogen) atoms. The summed E-state index contributed by atoms with van der Waals surface area (Å²) in [6.45, 7) is 0.932. The van der Waals surface area contributed by atoms with E-state index in [9.17, 15) is 10.2 Å². The highest BCUT2D eigenvalue weighted by Gasteiger charge is 2.24. The summed E-state index contributed by atoms with van der Waals surface area (Å²) < 4.78 is 0. The van der Waals surface area contributed by atoms with Crippen LogP contribution in [0.4, 0.5) is 0 Å². The highest BCUT2D eigenvalue weighted by atomic mass is 16.3. The van der Waals surface area contributed by atoms with E-state index >= 15 is 0 Å². The van der Waals surface area contributed by atoms with Crippen LogP contribution in [0.2, 0.25) is 0 Å². The van der Waals surface area contributed by atoms with Gasteiger partial charge >= 0.3 is 0 Å². The van der Waals surface area contributed by atoms with E-state index < -0.39 is 0 Å². The van der Waals surface area contributed by atoms with Gasteiger partial charge in [-0.3, -0.25) is 4.90 Å². The van der Waals surface area contributed by atoms with Crippen molar-refractivity contribution >= 4 is 6.08 Å². The van der Waals surface area contributed by atoms with Crippen LogP contribution in [0, 0.1) is 0 Å². The molecule has 0 saturated carbocycles. The SMILES string of the molecule is CN1CCc2cc(O)c(O)cc2C1/C=C/c1ccccc1. The van der Waals surface area contributed by atoms with Gasteiger partial charge in [0, 0.05) is 6.54 Å². The average Bonchev–Trinajstić information content (AvgIpc) is 2.49. The van der Waals surface area contributed by atoms with Gasteiger partial charge < -0.3 is 10.2 Å². The minimum absolute atomic E-state index is 0.0379. The van der Waals surface area contributed by atoms with Gasteiger partial charge in [-0.1, -0.05) is 42.5 Å². The van der Waals surface area contributed by atoms with E-state index in [1.807, 2.05) is 18.2 Å². The number of benzene rings is 2. The van der Waals surface area contributed by atoms with Crippen LogP contribution in [-0.2, 0) is 6.42 Å². The summed E-state index contributed by atoms with van der Waals surface area (Å²) in [5.74, 6) is -0.0914. The van der Waals surface area contributed by atoms with Crippen molar-refractivity contribution in [3.8, 4) is 11.5 Å². The Morgan fingerprint density at radius 3 is 2.57 bits per heavy atom. The summed E-state index contributed by atoms with van der Waals surface area (Å²) in [4.78, 5) is 2.25. The molecule has 3 rings (SSSR count). The number of hydrogen-bond donors (Lipinski definition) is 2. The summed E-state index contributed by atoms with van der Waals surface area (Å²) in [6, 6.07) is 13.6. The first-order valence-corrected chi connectivity index (χ1v) is 7.13. The van der Waals surface area contributed by atoms with Crippen molar-refractivity contribution in [3.63, 3.8) is 0 Å². The monoisotopic (exact) mass is 281 g/mol. The van der Waals surface area contributed by atoms with Crippen molar-refractivity contribution in [2.75, 3.05) is 13.6 Å². The van der Waals surface area contributed by atoms with E-state index in [1.54, 1.807) is 12.1 Å². The van der Waals surface area contributed by atoms with Crippen LogP contribution in [-0.4, -0.2) is 28.7 Å². The molecule has 108 valence electrons. The number of nitrogens with zero attached hydrogens (tertiary/aromatic N) is 1. The molecule has 1 atom stereocenters. The normalized spacial score (nSPS) is 18.8. The Balaban J connectivity index is 1.96. The summed E-state index contributed by atoms with van der Waals surface area (Å²) in [7, 11) is 2.08. The fourth-order valence-electron chi connectivity index (χ4n) is 2.82. The van der Waals surface area contributed by atoms with Gasteiger partial charge in [0.2, 0.25) is 0 Å². The molecule has 0 bridgehead atoms. The third kappa shape index (κ3) is 2.78. The molecule has 3 nitrogen and oxygen atoms in total. The van der Waals surface area contributed by atoms with Crippen molar-refractivity contribution in [2.24, 2.45) is 0 Å². The molecule has 0 saturated heterocycles. The summed E-state index contributed by atoms with van der Waals surface area (Å²) in [5, 5.41) is 19.4. The quantitative estimate of drug-likeness (QED) is 0.830. The Labute approximate surface area is 124 Å². The second-order valence-corrected chi connectivity index (χ2v) is 5.48. The molecule has 0 aliphatic carbocycles. The molecule has 0 aromatic heterocycles. The molecule has 1 aliphatic heterocycles. The number of phenols is 2. The van der Waals surface area contributed by atoms with E-state index in [2.05, 4.69) is 36.2 Å². The van der Waals surface area contributed by atoms with Crippen molar-refractivity contribution < 1.29 is 10.2 Å². The molecule has 1 heterocycles. The van der Waals surface area contributed by atoms with Gasteiger partial charge in [0.1, 0.15) is 0 Å². The lowest BCUT2D eigenvalue weighted by molar-refractivity contribution is 0.270. The molecule has 1 aliphatic rings. The minimum Gasteiger partial charge on any atom is -0.504 e. The smallest absolute Gasteiger partial charge is 0.157 e.